The molecule has 3 rings (SSSR count). The van der Waals surface area contributed by atoms with Gasteiger partial charge in [-0.3, -0.25) is 0 Å². The van der Waals surface area contributed by atoms with Crippen molar-refractivity contribution in [1.29, 1.82) is 0 Å². The molecule has 4 N–H and O–H groups in total. The van der Waals surface area contributed by atoms with E-state index in [1.165, 1.54) is 0 Å². The standard InChI is InChI=1S/C22H24Cl2N4/c1-13-9-17(23)6-8-21(13)27-22(19-10-18(24)5-7-20(19)25)16(4)28-11-14(2)26-15(3)12-28/h5-10,26-27H,2-3,11-12,25H2,1,4H3/b22-16-. The van der Waals surface area contributed by atoms with Gasteiger partial charge in [-0.15, -0.1) is 0 Å². The lowest BCUT2D eigenvalue weighted by molar-refractivity contribution is 0.366. The summed E-state index contributed by atoms with van der Waals surface area (Å²) in [6.07, 6.45) is 0. The molecule has 6 heteroatoms. The highest BCUT2D eigenvalue weighted by Gasteiger charge is 2.20. The number of anilines is 2. The molecular formula is C22H24Cl2N4. The fraction of sp³-hybridized carbons (Fsp3) is 0.182. The molecule has 0 spiro atoms. The summed E-state index contributed by atoms with van der Waals surface area (Å²) in [5, 5.41) is 8.06. The minimum Gasteiger partial charge on any atom is -0.398 e. The van der Waals surface area contributed by atoms with Crippen LogP contribution in [-0.4, -0.2) is 18.0 Å². The Bertz CT molecular complexity index is 962. The highest BCUT2D eigenvalue weighted by molar-refractivity contribution is 6.31. The second-order valence-electron chi connectivity index (χ2n) is 6.96. The number of rotatable bonds is 4. The number of nitrogen functional groups attached to an aromatic ring is 1. The molecule has 0 aliphatic carbocycles. The highest BCUT2D eigenvalue weighted by atomic mass is 35.5. The normalized spacial score (nSPS) is 15.2. The lowest BCUT2D eigenvalue weighted by Gasteiger charge is -2.35. The van der Waals surface area contributed by atoms with E-state index in [9.17, 15) is 0 Å². The molecule has 2 aromatic rings. The minimum atomic E-state index is 0.623. The van der Waals surface area contributed by atoms with Crippen molar-refractivity contribution in [2.75, 3.05) is 24.1 Å². The smallest absolute Gasteiger partial charge is 0.0671 e. The number of allylic oxidation sites excluding steroid dienone is 1. The van der Waals surface area contributed by atoms with Crippen LogP contribution in [0.2, 0.25) is 10.0 Å². The summed E-state index contributed by atoms with van der Waals surface area (Å²) in [5.74, 6) is 0. The zero-order valence-corrected chi connectivity index (χ0v) is 17.6. The van der Waals surface area contributed by atoms with Gasteiger partial charge in [0.15, 0.2) is 0 Å². The minimum absolute atomic E-state index is 0.623. The van der Waals surface area contributed by atoms with Crippen LogP contribution in [-0.2, 0) is 0 Å². The first-order valence-corrected chi connectivity index (χ1v) is 9.67. The zero-order valence-electron chi connectivity index (χ0n) is 16.1. The number of hydrogen-bond acceptors (Lipinski definition) is 4. The Hall–Kier alpha value is -2.56. The Morgan fingerprint density at radius 1 is 1.07 bits per heavy atom. The second kappa shape index (κ2) is 8.21. The molecule has 1 aliphatic rings. The molecule has 1 heterocycles. The molecule has 0 aromatic heterocycles. The predicted molar refractivity (Wildman–Crippen MR) is 121 cm³/mol. The number of benzene rings is 2. The first-order valence-electron chi connectivity index (χ1n) is 8.91. The molecule has 2 aromatic carbocycles. The van der Waals surface area contributed by atoms with Crippen molar-refractivity contribution < 1.29 is 0 Å². The van der Waals surface area contributed by atoms with Gasteiger partial charge in [0.25, 0.3) is 0 Å². The molecule has 1 saturated heterocycles. The van der Waals surface area contributed by atoms with Crippen LogP contribution in [0.1, 0.15) is 18.1 Å². The van der Waals surface area contributed by atoms with E-state index in [1.54, 1.807) is 6.07 Å². The van der Waals surface area contributed by atoms with E-state index < -0.39 is 0 Å². The summed E-state index contributed by atoms with van der Waals surface area (Å²) >= 11 is 12.4. The Kier molecular flexibility index (Phi) is 5.92. The second-order valence-corrected chi connectivity index (χ2v) is 7.84. The predicted octanol–water partition coefficient (Wildman–Crippen LogP) is 5.62. The van der Waals surface area contributed by atoms with Crippen LogP contribution in [0.4, 0.5) is 11.4 Å². The van der Waals surface area contributed by atoms with E-state index in [1.807, 2.05) is 37.3 Å². The number of nitrogens with two attached hydrogens (primary N) is 1. The van der Waals surface area contributed by atoms with E-state index in [-0.39, 0.29) is 0 Å². The molecule has 28 heavy (non-hydrogen) atoms. The molecule has 1 aliphatic heterocycles. The van der Waals surface area contributed by atoms with Gasteiger partial charge in [-0.1, -0.05) is 36.4 Å². The maximum Gasteiger partial charge on any atom is 0.0671 e. The third-order valence-electron chi connectivity index (χ3n) is 4.69. The van der Waals surface area contributed by atoms with E-state index in [2.05, 4.69) is 35.6 Å². The van der Waals surface area contributed by atoms with Crippen molar-refractivity contribution in [3.05, 3.63) is 87.8 Å². The van der Waals surface area contributed by atoms with Crippen molar-refractivity contribution >= 4 is 40.3 Å². The first-order chi connectivity index (χ1) is 13.2. The summed E-state index contributed by atoms with van der Waals surface area (Å²) in [7, 11) is 0. The quantitative estimate of drug-likeness (QED) is 0.568. The number of aryl methyl sites for hydroxylation is 1. The van der Waals surface area contributed by atoms with Crippen molar-refractivity contribution in [1.82, 2.24) is 10.2 Å². The van der Waals surface area contributed by atoms with Crippen LogP contribution in [0.5, 0.6) is 0 Å². The van der Waals surface area contributed by atoms with Gasteiger partial charge in [0.1, 0.15) is 0 Å². The number of halogens is 2. The third kappa shape index (κ3) is 4.46. The SMILES string of the molecule is C=C1CN(/C(C)=C(\Nc2ccc(Cl)cc2C)c2cc(Cl)ccc2N)CC(=C)N1. The summed E-state index contributed by atoms with van der Waals surface area (Å²) in [5.41, 5.74) is 13.5. The average molecular weight is 415 g/mol. The summed E-state index contributed by atoms with van der Waals surface area (Å²) in [6, 6.07) is 11.2. The van der Waals surface area contributed by atoms with E-state index >= 15 is 0 Å². The molecule has 0 radical (unpaired) electrons. The van der Waals surface area contributed by atoms with Crippen LogP contribution in [0.25, 0.3) is 5.70 Å². The maximum absolute atomic E-state index is 6.31. The Morgan fingerprint density at radius 3 is 2.32 bits per heavy atom. The number of nitrogens with one attached hydrogen (secondary N) is 2. The number of piperazine rings is 1. The van der Waals surface area contributed by atoms with Gasteiger partial charge in [0.2, 0.25) is 0 Å². The van der Waals surface area contributed by atoms with Crippen LogP contribution in [0.15, 0.2) is 66.6 Å². The monoisotopic (exact) mass is 414 g/mol. The summed E-state index contributed by atoms with van der Waals surface area (Å²) < 4.78 is 0. The van der Waals surface area contributed by atoms with Gasteiger partial charge in [-0.05, 0) is 55.8 Å². The van der Waals surface area contributed by atoms with Crippen LogP contribution >= 0.6 is 23.2 Å². The first kappa shape index (κ1) is 20.2. The summed E-state index contributed by atoms with van der Waals surface area (Å²) in [4.78, 5) is 2.20. The highest BCUT2D eigenvalue weighted by Crippen LogP contribution is 2.32. The molecular weight excluding hydrogens is 391 g/mol. The Labute approximate surface area is 176 Å². The van der Waals surface area contributed by atoms with E-state index in [0.29, 0.717) is 28.8 Å². The average Bonchev–Trinajstić information content (AvgIpc) is 2.62. The fourth-order valence-electron chi connectivity index (χ4n) is 3.24. The molecule has 0 atom stereocenters. The maximum atomic E-state index is 6.31. The van der Waals surface area contributed by atoms with Crippen LogP contribution in [0.3, 0.4) is 0 Å². The van der Waals surface area contributed by atoms with Gasteiger partial charge in [0, 0.05) is 44.1 Å². The van der Waals surface area contributed by atoms with Gasteiger partial charge >= 0.3 is 0 Å². The van der Waals surface area contributed by atoms with Crippen LogP contribution < -0.4 is 16.4 Å². The van der Waals surface area contributed by atoms with Gasteiger partial charge in [-0.2, -0.15) is 0 Å². The number of hydrogen-bond donors (Lipinski definition) is 3. The number of nitrogens with zero attached hydrogens (tertiary/aromatic N) is 1. The summed E-state index contributed by atoms with van der Waals surface area (Å²) in [6.45, 7) is 13.5. The molecule has 0 bridgehead atoms. The van der Waals surface area contributed by atoms with Crippen LogP contribution in [0, 0.1) is 6.92 Å². The van der Waals surface area contributed by atoms with Crippen molar-refractivity contribution in [2.24, 2.45) is 0 Å². The largest absolute Gasteiger partial charge is 0.398 e. The Balaban J connectivity index is 2.11. The van der Waals surface area contributed by atoms with Crippen molar-refractivity contribution in [3.8, 4) is 0 Å². The molecule has 0 saturated carbocycles. The van der Waals surface area contributed by atoms with Crippen molar-refractivity contribution in [3.63, 3.8) is 0 Å². The van der Waals surface area contributed by atoms with Gasteiger partial charge in [-0.25, -0.2) is 0 Å². The van der Waals surface area contributed by atoms with Gasteiger partial charge < -0.3 is 21.3 Å². The molecule has 0 amide bonds. The molecule has 1 fully saturated rings. The third-order valence-corrected chi connectivity index (χ3v) is 5.16. The molecule has 146 valence electrons. The lowest BCUT2D eigenvalue weighted by Crippen LogP contribution is -2.39. The van der Waals surface area contributed by atoms with Crippen molar-refractivity contribution in [2.45, 2.75) is 13.8 Å². The Morgan fingerprint density at radius 2 is 1.68 bits per heavy atom. The van der Waals surface area contributed by atoms with E-state index in [4.69, 9.17) is 28.9 Å². The zero-order chi connectivity index (χ0) is 20.4. The van der Waals surface area contributed by atoms with Gasteiger partial charge in [0.05, 0.1) is 18.8 Å². The lowest BCUT2D eigenvalue weighted by atomic mass is 10.1. The topological polar surface area (TPSA) is 53.3 Å². The van der Waals surface area contributed by atoms with E-state index in [0.717, 1.165) is 39.6 Å². The molecule has 0 unspecified atom stereocenters. The molecule has 4 nitrogen and oxygen atoms in total. The fourth-order valence-corrected chi connectivity index (χ4v) is 3.64.